The molecule has 7 heteroatoms. The quantitative estimate of drug-likeness (QED) is 0.703. The Morgan fingerprint density at radius 2 is 1.86 bits per heavy atom. The van der Waals surface area contributed by atoms with Crippen molar-refractivity contribution in [1.82, 2.24) is 4.90 Å². The van der Waals surface area contributed by atoms with E-state index in [0.717, 1.165) is 14.0 Å². The van der Waals surface area contributed by atoms with E-state index in [1.165, 1.54) is 0 Å². The van der Waals surface area contributed by atoms with Crippen molar-refractivity contribution in [3.8, 4) is 0 Å². The molecule has 0 aliphatic rings. The lowest BCUT2D eigenvalue weighted by Crippen LogP contribution is -2.40. The molecule has 0 bridgehead atoms. The number of halogens is 3. The predicted molar refractivity (Wildman–Crippen MR) is 40.5 cm³/mol. The molecule has 0 radical (unpaired) electrons. The Bertz CT molecular complexity index is 239. The van der Waals surface area contributed by atoms with Crippen LogP contribution < -0.4 is 0 Å². The molecule has 1 amide bonds. The second-order valence-electron chi connectivity index (χ2n) is 2.87. The Labute approximate surface area is 78.3 Å². The first kappa shape index (κ1) is 12.7. The van der Waals surface area contributed by atoms with Gasteiger partial charge in [-0.05, 0) is 6.92 Å². The summed E-state index contributed by atoms with van der Waals surface area (Å²) in [7, 11) is 0.912. The van der Waals surface area contributed by atoms with Crippen LogP contribution in [0.2, 0.25) is 0 Å². The van der Waals surface area contributed by atoms with Crippen LogP contribution in [-0.2, 0) is 9.59 Å². The number of amides is 1. The number of aliphatic carboxylic acids is 1. The average Bonchev–Trinajstić information content (AvgIpc) is 1.98. The summed E-state index contributed by atoms with van der Waals surface area (Å²) in [6.07, 6.45) is -4.51. The zero-order chi connectivity index (χ0) is 11.5. The number of carboxylic acids is 1. The highest BCUT2D eigenvalue weighted by Crippen LogP contribution is 2.16. The van der Waals surface area contributed by atoms with Gasteiger partial charge in [0, 0.05) is 7.05 Å². The normalized spacial score (nSPS) is 13.5. The summed E-state index contributed by atoms with van der Waals surface area (Å²) in [5.74, 6) is -3.96. The lowest BCUT2D eigenvalue weighted by Gasteiger charge is -2.20. The maximum Gasteiger partial charge on any atom is 0.406 e. The molecule has 4 nitrogen and oxygen atoms in total. The van der Waals surface area contributed by atoms with Crippen LogP contribution in [0.15, 0.2) is 0 Å². The van der Waals surface area contributed by atoms with E-state index in [2.05, 4.69) is 0 Å². The summed E-state index contributed by atoms with van der Waals surface area (Å²) in [5.41, 5.74) is 0. The van der Waals surface area contributed by atoms with Crippen molar-refractivity contribution in [3.63, 3.8) is 0 Å². The van der Waals surface area contributed by atoms with Gasteiger partial charge in [0.15, 0.2) is 0 Å². The van der Waals surface area contributed by atoms with E-state index in [4.69, 9.17) is 5.11 Å². The van der Waals surface area contributed by atoms with Gasteiger partial charge >= 0.3 is 12.1 Å². The molecular weight excluding hydrogens is 203 g/mol. The van der Waals surface area contributed by atoms with Gasteiger partial charge in [-0.15, -0.1) is 0 Å². The SMILES string of the molecule is CC(C(=O)O)C(=O)N(C)CC(F)(F)F. The minimum atomic E-state index is -4.51. The molecule has 0 aliphatic heterocycles. The van der Waals surface area contributed by atoms with Crippen molar-refractivity contribution in [3.05, 3.63) is 0 Å². The number of alkyl halides is 3. The molecule has 82 valence electrons. The van der Waals surface area contributed by atoms with Crippen LogP contribution in [-0.4, -0.2) is 41.7 Å². The van der Waals surface area contributed by atoms with Crippen LogP contribution in [0.4, 0.5) is 13.2 Å². The van der Waals surface area contributed by atoms with Crippen molar-refractivity contribution in [2.75, 3.05) is 13.6 Å². The van der Waals surface area contributed by atoms with E-state index in [9.17, 15) is 22.8 Å². The van der Waals surface area contributed by atoms with Crippen LogP contribution in [0, 0.1) is 5.92 Å². The summed E-state index contributed by atoms with van der Waals surface area (Å²) in [4.78, 5) is 21.6. The molecule has 0 rings (SSSR count). The molecule has 0 heterocycles. The zero-order valence-corrected chi connectivity index (χ0v) is 7.63. The highest BCUT2D eigenvalue weighted by molar-refractivity contribution is 5.96. The van der Waals surface area contributed by atoms with Crippen LogP contribution in [0.3, 0.4) is 0 Å². The molecule has 0 saturated heterocycles. The number of carboxylic acid groups (broad SMARTS) is 1. The molecule has 1 unspecified atom stereocenters. The lowest BCUT2D eigenvalue weighted by molar-refractivity contribution is -0.164. The number of hydrogen-bond donors (Lipinski definition) is 1. The highest BCUT2D eigenvalue weighted by Gasteiger charge is 2.34. The van der Waals surface area contributed by atoms with Crippen LogP contribution in [0.5, 0.6) is 0 Å². The van der Waals surface area contributed by atoms with Gasteiger partial charge in [-0.25, -0.2) is 0 Å². The Morgan fingerprint density at radius 1 is 1.43 bits per heavy atom. The molecule has 0 aromatic heterocycles. The molecule has 0 fully saturated rings. The standard InChI is InChI=1S/C7H10F3NO3/c1-4(6(13)14)5(12)11(2)3-7(8,9)10/h4H,3H2,1-2H3,(H,13,14). The smallest absolute Gasteiger partial charge is 0.406 e. The third-order valence-corrected chi connectivity index (χ3v) is 1.53. The van der Waals surface area contributed by atoms with Crippen LogP contribution >= 0.6 is 0 Å². The number of nitrogens with zero attached hydrogens (tertiary/aromatic N) is 1. The van der Waals surface area contributed by atoms with Crippen molar-refractivity contribution in [2.24, 2.45) is 5.92 Å². The minimum absolute atomic E-state index is 0.346. The fourth-order valence-corrected chi connectivity index (χ4v) is 0.783. The number of hydrogen-bond acceptors (Lipinski definition) is 2. The van der Waals surface area contributed by atoms with Gasteiger partial charge in [0.1, 0.15) is 12.5 Å². The molecule has 14 heavy (non-hydrogen) atoms. The lowest BCUT2D eigenvalue weighted by atomic mass is 10.1. The van der Waals surface area contributed by atoms with Gasteiger partial charge in [0.2, 0.25) is 5.91 Å². The van der Waals surface area contributed by atoms with E-state index in [-0.39, 0.29) is 0 Å². The molecule has 0 saturated carbocycles. The zero-order valence-electron chi connectivity index (χ0n) is 7.63. The maximum absolute atomic E-state index is 11.8. The second kappa shape index (κ2) is 4.30. The van der Waals surface area contributed by atoms with Gasteiger partial charge in [-0.3, -0.25) is 9.59 Å². The molecule has 1 N–H and O–H groups in total. The third kappa shape index (κ3) is 4.11. The predicted octanol–water partition coefficient (Wildman–Crippen LogP) is 0.728. The van der Waals surface area contributed by atoms with Crippen LogP contribution in [0.1, 0.15) is 6.92 Å². The Morgan fingerprint density at radius 3 is 2.14 bits per heavy atom. The fourth-order valence-electron chi connectivity index (χ4n) is 0.783. The molecule has 1 atom stereocenters. The summed E-state index contributed by atoms with van der Waals surface area (Å²) >= 11 is 0. The Balaban J connectivity index is 4.33. The average molecular weight is 213 g/mol. The van der Waals surface area contributed by atoms with Crippen molar-refractivity contribution >= 4 is 11.9 Å². The first-order valence-electron chi connectivity index (χ1n) is 3.69. The Hall–Kier alpha value is -1.27. The number of carbonyl (C=O) groups is 2. The summed E-state index contributed by atoms with van der Waals surface area (Å²) in [5, 5.41) is 8.37. The van der Waals surface area contributed by atoms with Crippen molar-refractivity contribution in [1.29, 1.82) is 0 Å². The van der Waals surface area contributed by atoms with Gasteiger partial charge in [0.25, 0.3) is 0 Å². The highest BCUT2D eigenvalue weighted by atomic mass is 19.4. The van der Waals surface area contributed by atoms with Gasteiger partial charge in [-0.2, -0.15) is 13.2 Å². The van der Waals surface area contributed by atoms with Gasteiger partial charge < -0.3 is 10.0 Å². The molecule has 0 aromatic carbocycles. The van der Waals surface area contributed by atoms with E-state index in [1.807, 2.05) is 0 Å². The largest absolute Gasteiger partial charge is 0.481 e. The molecule has 0 spiro atoms. The maximum atomic E-state index is 11.8. The summed E-state index contributed by atoms with van der Waals surface area (Å²) in [6.45, 7) is -0.402. The topological polar surface area (TPSA) is 57.6 Å². The first-order valence-corrected chi connectivity index (χ1v) is 3.69. The van der Waals surface area contributed by atoms with Crippen molar-refractivity contribution in [2.45, 2.75) is 13.1 Å². The fraction of sp³-hybridized carbons (Fsp3) is 0.714. The van der Waals surface area contributed by atoms with E-state index in [0.29, 0.717) is 4.90 Å². The summed E-state index contributed by atoms with van der Waals surface area (Å²) < 4.78 is 35.4. The van der Waals surface area contributed by atoms with E-state index < -0.39 is 30.5 Å². The molecule has 0 aliphatic carbocycles. The molecule has 0 aromatic rings. The Kier molecular flexibility index (Phi) is 3.91. The van der Waals surface area contributed by atoms with Gasteiger partial charge in [0.05, 0.1) is 0 Å². The van der Waals surface area contributed by atoms with Crippen molar-refractivity contribution < 1.29 is 27.9 Å². The first-order chi connectivity index (χ1) is 6.15. The second-order valence-corrected chi connectivity index (χ2v) is 2.87. The molecular formula is C7H10F3NO3. The number of carbonyl (C=O) groups excluding carboxylic acids is 1. The number of rotatable bonds is 3. The minimum Gasteiger partial charge on any atom is -0.481 e. The van der Waals surface area contributed by atoms with E-state index >= 15 is 0 Å². The van der Waals surface area contributed by atoms with Crippen LogP contribution in [0.25, 0.3) is 0 Å². The van der Waals surface area contributed by atoms with E-state index in [1.54, 1.807) is 0 Å². The monoisotopic (exact) mass is 213 g/mol. The summed E-state index contributed by atoms with van der Waals surface area (Å²) in [6, 6.07) is 0. The third-order valence-electron chi connectivity index (χ3n) is 1.53. The van der Waals surface area contributed by atoms with Gasteiger partial charge in [-0.1, -0.05) is 0 Å².